The van der Waals surface area contributed by atoms with Gasteiger partial charge in [-0.1, -0.05) is 19.1 Å². The van der Waals surface area contributed by atoms with Crippen LogP contribution < -0.4 is 10.1 Å². The first-order valence-corrected chi connectivity index (χ1v) is 6.76. The summed E-state index contributed by atoms with van der Waals surface area (Å²) >= 11 is 0. The first-order valence-electron chi connectivity index (χ1n) is 6.76. The van der Waals surface area contributed by atoms with Gasteiger partial charge in [0.15, 0.2) is 0 Å². The van der Waals surface area contributed by atoms with E-state index in [4.69, 9.17) is 9.15 Å². The largest absolute Gasteiger partial charge is 0.494 e. The van der Waals surface area contributed by atoms with Crippen molar-refractivity contribution in [2.75, 3.05) is 13.2 Å². The van der Waals surface area contributed by atoms with E-state index in [1.54, 1.807) is 6.26 Å². The summed E-state index contributed by atoms with van der Waals surface area (Å²) in [6.45, 7) is 7.67. The number of ether oxygens (including phenoxy) is 1. The summed E-state index contributed by atoms with van der Waals surface area (Å²) in [5.41, 5.74) is 2.37. The third kappa shape index (κ3) is 3.18. The molecule has 1 N–H and O–H groups in total. The molecule has 2 rings (SSSR count). The van der Waals surface area contributed by atoms with E-state index >= 15 is 0 Å². The zero-order valence-corrected chi connectivity index (χ0v) is 11.8. The topological polar surface area (TPSA) is 34.4 Å². The molecule has 1 atom stereocenters. The van der Waals surface area contributed by atoms with Crippen LogP contribution in [0.5, 0.6) is 5.75 Å². The molecule has 102 valence electrons. The van der Waals surface area contributed by atoms with Gasteiger partial charge in [-0.2, -0.15) is 0 Å². The molecule has 1 unspecified atom stereocenters. The van der Waals surface area contributed by atoms with Crippen molar-refractivity contribution < 1.29 is 9.15 Å². The van der Waals surface area contributed by atoms with Crippen LogP contribution in [0.3, 0.4) is 0 Å². The van der Waals surface area contributed by atoms with E-state index in [0.29, 0.717) is 6.61 Å². The van der Waals surface area contributed by atoms with Gasteiger partial charge in [0.2, 0.25) is 0 Å². The minimum absolute atomic E-state index is 0.143. The molecule has 19 heavy (non-hydrogen) atoms. The van der Waals surface area contributed by atoms with Gasteiger partial charge in [0.05, 0.1) is 18.9 Å². The number of furan rings is 1. The third-order valence-corrected chi connectivity index (χ3v) is 3.12. The molecule has 1 aromatic carbocycles. The zero-order valence-electron chi connectivity index (χ0n) is 11.8. The summed E-state index contributed by atoms with van der Waals surface area (Å²) in [4.78, 5) is 0. The van der Waals surface area contributed by atoms with Gasteiger partial charge in [0.25, 0.3) is 0 Å². The Kier molecular flexibility index (Phi) is 4.63. The van der Waals surface area contributed by atoms with Crippen LogP contribution in [0.15, 0.2) is 41.0 Å². The monoisotopic (exact) mass is 259 g/mol. The quantitative estimate of drug-likeness (QED) is 0.859. The predicted molar refractivity (Wildman–Crippen MR) is 76.6 cm³/mol. The van der Waals surface area contributed by atoms with Gasteiger partial charge >= 0.3 is 0 Å². The number of benzene rings is 1. The van der Waals surface area contributed by atoms with Crippen molar-refractivity contribution in [3.63, 3.8) is 0 Å². The number of nitrogens with one attached hydrogen (secondary N) is 1. The maximum absolute atomic E-state index is 5.57. The average Bonchev–Trinajstić information content (AvgIpc) is 2.83. The fourth-order valence-electron chi connectivity index (χ4n) is 2.26. The van der Waals surface area contributed by atoms with Gasteiger partial charge in [-0.25, -0.2) is 0 Å². The van der Waals surface area contributed by atoms with Crippen LogP contribution in [0.25, 0.3) is 0 Å². The lowest BCUT2D eigenvalue weighted by atomic mass is 9.99. The Bertz CT molecular complexity index is 519. The highest BCUT2D eigenvalue weighted by Crippen LogP contribution is 2.27. The lowest BCUT2D eigenvalue weighted by Gasteiger charge is -2.18. The van der Waals surface area contributed by atoms with Gasteiger partial charge in [0, 0.05) is 5.56 Å². The molecule has 0 aliphatic carbocycles. The normalized spacial score (nSPS) is 12.4. The first kappa shape index (κ1) is 13.7. The van der Waals surface area contributed by atoms with Crippen molar-refractivity contribution in [1.29, 1.82) is 0 Å². The van der Waals surface area contributed by atoms with Gasteiger partial charge in [-0.05, 0) is 44.2 Å². The van der Waals surface area contributed by atoms with Crippen molar-refractivity contribution in [2.45, 2.75) is 26.8 Å². The molecule has 0 amide bonds. The average molecular weight is 259 g/mol. The number of rotatable bonds is 6. The Balaban J connectivity index is 2.33. The van der Waals surface area contributed by atoms with E-state index in [-0.39, 0.29) is 6.04 Å². The summed E-state index contributed by atoms with van der Waals surface area (Å²) in [6.07, 6.45) is 1.74. The van der Waals surface area contributed by atoms with Crippen LogP contribution in [0.1, 0.15) is 36.8 Å². The molecule has 0 bridgehead atoms. The molecule has 0 aliphatic heterocycles. The Morgan fingerprint density at radius 3 is 2.74 bits per heavy atom. The molecule has 2 aromatic rings. The maximum atomic E-state index is 5.57. The molecule has 0 saturated carbocycles. The van der Waals surface area contributed by atoms with Crippen LogP contribution in [0.4, 0.5) is 0 Å². The van der Waals surface area contributed by atoms with E-state index in [1.165, 1.54) is 11.1 Å². The minimum Gasteiger partial charge on any atom is -0.494 e. The standard InChI is InChI=1S/C16H21NO2/c1-4-17-16(15-9-10-19-12(15)3)13-7-6-8-14(11-13)18-5-2/h6-11,16-17H,4-5H2,1-3H3. The smallest absolute Gasteiger partial charge is 0.119 e. The Morgan fingerprint density at radius 1 is 1.26 bits per heavy atom. The number of hydrogen-bond donors (Lipinski definition) is 1. The molecule has 1 heterocycles. The molecular weight excluding hydrogens is 238 g/mol. The Hall–Kier alpha value is -1.74. The highest BCUT2D eigenvalue weighted by atomic mass is 16.5. The third-order valence-electron chi connectivity index (χ3n) is 3.12. The summed E-state index contributed by atoms with van der Waals surface area (Å²) in [5.74, 6) is 1.86. The van der Waals surface area contributed by atoms with Crippen molar-refractivity contribution in [3.8, 4) is 5.75 Å². The summed E-state index contributed by atoms with van der Waals surface area (Å²) < 4.78 is 11.0. The lowest BCUT2D eigenvalue weighted by Crippen LogP contribution is -2.22. The second kappa shape index (κ2) is 6.43. The van der Waals surface area contributed by atoms with Crippen molar-refractivity contribution in [1.82, 2.24) is 5.32 Å². The molecule has 3 heteroatoms. The molecule has 0 saturated heterocycles. The molecule has 3 nitrogen and oxygen atoms in total. The van der Waals surface area contributed by atoms with E-state index in [1.807, 2.05) is 32.0 Å². The minimum atomic E-state index is 0.143. The number of hydrogen-bond acceptors (Lipinski definition) is 3. The van der Waals surface area contributed by atoms with Crippen LogP contribution in [0.2, 0.25) is 0 Å². The fraction of sp³-hybridized carbons (Fsp3) is 0.375. The van der Waals surface area contributed by atoms with Gasteiger partial charge in [-0.15, -0.1) is 0 Å². The van der Waals surface area contributed by atoms with E-state index in [2.05, 4.69) is 24.4 Å². The van der Waals surface area contributed by atoms with E-state index < -0.39 is 0 Å². The Labute approximate surface area is 114 Å². The molecule has 0 radical (unpaired) electrons. The van der Waals surface area contributed by atoms with Gasteiger partial charge in [-0.3, -0.25) is 0 Å². The highest BCUT2D eigenvalue weighted by molar-refractivity contribution is 5.37. The molecule has 0 fully saturated rings. The Morgan fingerprint density at radius 2 is 2.11 bits per heavy atom. The van der Waals surface area contributed by atoms with Crippen molar-refractivity contribution >= 4 is 0 Å². The van der Waals surface area contributed by atoms with Gasteiger partial charge < -0.3 is 14.5 Å². The summed E-state index contributed by atoms with van der Waals surface area (Å²) in [7, 11) is 0. The van der Waals surface area contributed by atoms with Gasteiger partial charge in [0.1, 0.15) is 11.5 Å². The first-order chi connectivity index (χ1) is 9.26. The van der Waals surface area contributed by atoms with E-state index in [0.717, 1.165) is 18.1 Å². The highest BCUT2D eigenvalue weighted by Gasteiger charge is 2.17. The lowest BCUT2D eigenvalue weighted by molar-refractivity contribution is 0.339. The molecular formula is C16H21NO2. The maximum Gasteiger partial charge on any atom is 0.119 e. The second-order valence-corrected chi connectivity index (χ2v) is 4.43. The van der Waals surface area contributed by atoms with Crippen LogP contribution in [-0.4, -0.2) is 13.2 Å². The number of aryl methyl sites for hydroxylation is 1. The molecule has 0 aliphatic rings. The van der Waals surface area contributed by atoms with Crippen LogP contribution >= 0.6 is 0 Å². The molecule has 0 spiro atoms. The second-order valence-electron chi connectivity index (χ2n) is 4.43. The van der Waals surface area contributed by atoms with E-state index in [9.17, 15) is 0 Å². The summed E-state index contributed by atoms with van der Waals surface area (Å²) in [5, 5.41) is 3.50. The SMILES string of the molecule is CCNC(c1cccc(OCC)c1)c1ccoc1C. The summed E-state index contributed by atoms with van der Waals surface area (Å²) in [6, 6.07) is 10.4. The fourth-order valence-corrected chi connectivity index (χ4v) is 2.26. The molecule has 1 aromatic heterocycles. The van der Waals surface area contributed by atoms with Crippen molar-refractivity contribution in [3.05, 3.63) is 53.5 Å². The van der Waals surface area contributed by atoms with Crippen molar-refractivity contribution in [2.24, 2.45) is 0 Å². The predicted octanol–water partition coefficient (Wildman–Crippen LogP) is 3.69. The zero-order chi connectivity index (χ0) is 13.7. The van der Waals surface area contributed by atoms with Crippen LogP contribution in [-0.2, 0) is 0 Å². The van der Waals surface area contributed by atoms with Crippen LogP contribution in [0, 0.1) is 6.92 Å².